The monoisotopic (exact) mass is 340 g/mol. The van der Waals surface area contributed by atoms with E-state index in [1.165, 1.54) is 16.2 Å². The maximum atomic E-state index is 12.9. The van der Waals surface area contributed by atoms with Crippen molar-refractivity contribution in [2.45, 2.75) is 33.7 Å². The van der Waals surface area contributed by atoms with Gasteiger partial charge in [-0.2, -0.15) is 0 Å². The highest BCUT2D eigenvalue weighted by Crippen LogP contribution is 2.34. The highest BCUT2D eigenvalue weighted by atomic mass is 32.1. The number of nitrogens with one attached hydrogen (secondary N) is 1. The van der Waals surface area contributed by atoms with E-state index >= 15 is 0 Å². The zero-order valence-electron chi connectivity index (χ0n) is 14.2. The van der Waals surface area contributed by atoms with Crippen LogP contribution >= 0.6 is 11.3 Å². The second-order valence-electron chi connectivity index (χ2n) is 6.17. The van der Waals surface area contributed by atoms with Crippen LogP contribution in [0.25, 0.3) is 5.57 Å². The van der Waals surface area contributed by atoms with Gasteiger partial charge < -0.3 is 5.32 Å². The van der Waals surface area contributed by atoms with Crippen LogP contribution in [0.2, 0.25) is 0 Å². The molecule has 0 atom stereocenters. The number of hydrogen-bond donors (Lipinski definition) is 1. The molecule has 0 aliphatic carbocycles. The number of nitrogens with zero attached hydrogens (tertiary/aromatic N) is 1. The Labute approximate surface area is 145 Å². The highest BCUT2D eigenvalue weighted by molar-refractivity contribution is 7.11. The summed E-state index contributed by atoms with van der Waals surface area (Å²) in [5.41, 5.74) is 3.88. The number of aryl methyl sites for hydroxylation is 1. The van der Waals surface area contributed by atoms with E-state index in [-0.39, 0.29) is 17.9 Å². The van der Waals surface area contributed by atoms with Crippen LogP contribution in [0.15, 0.2) is 41.4 Å². The first-order valence-corrected chi connectivity index (χ1v) is 8.79. The van der Waals surface area contributed by atoms with Crippen molar-refractivity contribution in [3.63, 3.8) is 0 Å². The summed E-state index contributed by atoms with van der Waals surface area (Å²) in [4.78, 5) is 27.8. The Hall–Kier alpha value is -2.40. The van der Waals surface area contributed by atoms with Gasteiger partial charge in [0.2, 0.25) is 0 Å². The number of anilines is 1. The third-order valence-corrected chi connectivity index (χ3v) is 5.15. The summed E-state index contributed by atoms with van der Waals surface area (Å²) < 4.78 is 0. The van der Waals surface area contributed by atoms with Gasteiger partial charge >= 0.3 is 0 Å². The number of hydrogen-bond acceptors (Lipinski definition) is 4. The summed E-state index contributed by atoms with van der Waals surface area (Å²) in [7, 11) is 0. The van der Waals surface area contributed by atoms with E-state index in [1.807, 2.05) is 63.4 Å². The lowest BCUT2D eigenvalue weighted by atomic mass is 10.1. The second-order valence-corrected chi connectivity index (χ2v) is 7.12. The minimum absolute atomic E-state index is 0.183. The van der Waals surface area contributed by atoms with Gasteiger partial charge in [0.1, 0.15) is 5.70 Å². The van der Waals surface area contributed by atoms with E-state index in [1.54, 1.807) is 0 Å². The number of imide groups is 1. The number of carbonyl (C=O) groups is 2. The van der Waals surface area contributed by atoms with Crippen LogP contribution in [0, 0.1) is 13.8 Å². The third kappa shape index (κ3) is 2.65. The van der Waals surface area contributed by atoms with Gasteiger partial charge in [0.05, 0.1) is 5.57 Å². The molecule has 0 saturated heterocycles. The maximum absolute atomic E-state index is 12.9. The van der Waals surface area contributed by atoms with Crippen LogP contribution in [-0.2, 0) is 9.59 Å². The molecular formula is C19H20N2O2S. The first-order chi connectivity index (χ1) is 11.4. The molecule has 0 fully saturated rings. The van der Waals surface area contributed by atoms with E-state index < -0.39 is 0 Å². The van der Waals surface area contributed by atoms with Crippen molar-refractivity contribution in [1.29, 1.82) is 0 Å². The molecule has 2 aromatic rings. The fourth-order valence-electron chi connectivity index (χ4n) is 2.80. The summed E-state index contributed by atoms with van der Waals surface area (Å²) in [6, 6.07) is 9.47. The zero-order chi connectivity index (χ0) is 17.4. The van der Waals surface area contributed by atoms with Gasteiger partial charge in [-0.05, 0) is 56.3 Å². The fraction of sp³-hybridized carbons (Fsp3) is 0.263. The average Bonchev–Trinajstić information content (AvgIpc) is 3.11. The van der Waals surface area contributed by atoms with Crippen molar-refractivity contribution in [3.8, 4) is 0 Å². The van der Waals surface area contributed by atoms with Gasteiger partial charge in [0.15, 0.2) is 0 Å². The molecule has 1 aliphatic rings. The number of rotatable bonds is 4. The quantitative estimate of drug-likeness (QED) is 0.857. The molecule has 1 N–H and O–H groups in total. The van der Waals surface area contributed by atoms with Crippen LogP contribution in [0.5, 0.6) is 0 Å². The number of benzene rings is 1. The molecule has 1 aromatic heterocycles. The van der Waals surface area contributed by atoms with Gasteiger partial charge in [0.25, 0.3) is 11.8 Å². The van der Waals surface area contributed by atoms with Gasteiger partial charge in [0, 0.05) is 16.6 Å². The SMILES string of the molecule is Cc1cccc(NC2=C(c3cccs3)C(=O)N(C(C)C)C2=O)c1C. The van der Waals surface area contributed by atoms with E-state index in [9.17, 15) is 9.59 Å². The Morgan fingerprint density at radius 3 is 2.42 bits per heavy atom. The van der Waals surface area contributed by atoms with Gasteiger partial charge in [-0.25, -0.2) is 0 Å². The molecule has 0 spiro atoms. The van der Waals surface area contributed by atoms with Gasteiger partial charge in [-0.3, -0.25) is 14.5 Å². The van der Waals surface area contributed by atoms with Crippen molar-refractivity contribution < 1.29 is 9.59 Å². The number of carbonyl (C=O) groups excluding carboxylic acids is 2. The molecule has 2 heterocycles. The molecule has 0 radical (unpaired) electrons. The molecule has 0 bridgehead atoms. The Kier molecular flexibility index (Phi) is 4.28. The van der Waals surface area contributed by atoms with Gasteiger partial charge in [-0.1, -0.05) is 18.2 Å². The number of thiophene rings is 1. The Bertz CT molecular complexity index is 835. The van der Waals surface area contributed by atoms with Crippen LogP contribution in [0.3, 0.4) is 0 Å². The Morgan fingerprint density at radius 2 is 1.79 bits per heavy atom. The molecule has 0 saturated carbocycles. The van der Waals surface area contributed by atoms with Gasteiger partial charge in [-0.15, -0.1) is 11.3 Å². The van der Waals surface area contributed by atoms with Crippen molar-refractivity contribution in [3.05, 3.63) is 57.4 Å². The predicted octanol–water partition coefficient (Wildman–Crippen LogP) is 3.97. The van der Waals surface area contributed by atoms with E-state index in [0.717, 1.165) is 21.7 Å². The van der Waals surface area contributed by atoms with E-state index in [0.29, 0.717) is 11.3 Å². The molecule has 5 heteroatoms. The molecular weight excluding hydrogens is 320 g/mol. The summed E-state index contributed by atoms with van der Waals surface area (Å²) >= 11 is 1.46. The maximum Gasteiger partial charge on any atom is 0.278 e. The molecule has 1 aliphatic heterocycles. The minimum atomic E-state index is -0.265. The van der Waals surface area contributed by atoms with Crippen LogP contribution in [0.1, 0.15) is 29.9 Å². The standard InChI is InChI=1S/C19H20N2O2S/c1-11(2)21-18(22)16(15-9-6-10-24-15)17(19(21)23)20-14-8-5-7-12(3)13(14)4/h5-11,20H,1-4H3. The Balaban J connectivity index is 2.11. The van der Waals surface area contributed by atoms with Crippen molar-refractivity contribution >= 4 is 34.4 Å². The van der Waals surface area contributed by atoms with Crippen molar-refractivity contribution in [2.24, 2.45) is 0 Å². The molecule has 124 valence electrons. The van der Waals surface area contributed by atoms with E-state index in [4.69, 9.17) is 0 Å². The first kappa shape index (κ1) is 16.5. The number of amides is 2. The highest BCUT2D eigenvalue weighted by Gasteiger charge is 2.41. The minimum Gasteiger partial charge on any atom is -0.350 e. The second kappa shape index (κ2) is 6.24. The molecule has 0 unspecified atom stereocenters. The summed E-state index contributed by atoms with van der Waals surface area (Å²) in [5, 5.41) is 5.14. The zero-order valence-corrected chi connectivity index (χ0v) is 15.0. The molecule has 1 aromatic carbocycles. The topological polar surface area (TPSA) is 49.4 Å². The van der Waals surface area contributed by atoms with Crippen LogP contribution in [-0.4, -0.2) is 22.8 Å². The molecule has 24 heavy (non-hydrogen) atoms. The molecule has 2 amide bonds. The predicted molar refractivity (Wildman–Crippen MR) is 97.8 cm³/mol. The summed E-state index contributed by atoms with van der Waals surface area (Å²) in [5.74, 6) is -0.496. The van der Waals surface area contributed by atoms with Crippen LogP contribution in [0.4, 0.5) is 5.69 Å². The molecule has 4 nitrogen and oxygen atoms in total. The molecule has 3 rings (SSSR count). The van der Waals surface area contributed by atoms with Crippen molar-refractivity contribution in [1.82, 2.24) is 4.90 Å². The smallest absolute Gasteiger partial charge is 0.278 e. The normalized spacial score (nSPS) is 15.0. The summed E-state index contributed by atoms with van der Waals surface area (Å²) in [6.07, 6.45) is 0. The average molecular weight is 340 g/mol. The first-order valence-electron chi connectivity index (χ1n) is 7.91. The lowest BCUT2D eigenvalue weighted by molar-refractivity contribution is -0.138. The van der Waals surface area contributed by atoms with Crippen LogP contribution < -0.4 is 5.32 Å². The third-order valence-electron chi connectivity index (χ3n) is 4.26. The largest absolute Gasteiger partial charge is 0.350 e. The Morgan fingerprint density at radius 1 is 1.04 bits per heavy atom. The van der Waals surface area contributed by atoms with E-state index in [2.05, 4.69) is 5.32 Å². The lowest BCUT2D eigenvalue weighted by Crippen LogP contribution is -2.38. The fourth-order valence-corrected chi connectivity index (χ4v) is 3.57. The summed E-state index contributed by atoms with van der Waals surface area (Å²) in [6.45, 7) is 7.73. The lowest BCUT2D eigenvalue weighted by Gasteiger charge is -2.19. The van der Waals surface area contributed by atoms with Crippen molar-refractivity contribution in [2.75, 3.05) is 5.32 Å².